The lowest BCUT2D eigenvalue weighted by molar-refractivity contribution is 0.587. The fraction of sp³-hybridized carbons (Fsp3) is 0.667. The van der Waals surface area contributed by atoms with Crippen LogP contribution >= 0.6 is 0 Å². The highest BCUT2D eigenvalue weighted by atomic mass is 15.2. The summed E-state index contributed by atoms with van der Waals surface area (Å²) in [4.78, 5) is 6.92. The summed E-state index contributed by atoms with van der Waals surface area (Å²) in [7, 11) is 0. The Morgan fingerprint density at radius 3 is 2.39 bits per heavy atom. The Labute approximate surface area is 111 Å². The molecule has 0 atom stereocenters. The molecule has 0 saturated carbocycles. The molecule has 0 bridgehead atoms. The molecule has 1 aromatic heterocycles. The lowest BCUT2D eigenvalue weighted by Gasteiger charge is -2.24. The summed E-state index contributed by atoms with van der Waals surface area (Å²) in [5.74, 6) is 1.07. The average molecular weight is 249 g/mol. The Hall–Kier alpha value is -1.09. The van der Waals surface area contributed by atoms with E-state index in [2.05, 4.69) is 49.7 Å². The van der Waals surface area contributed by atoms with Crippen molar-refractivity contribution >= 4 is 5.82 Å². The molecule has 0 fully saturated rings. The number of rotatable bonds is 6. The van der Waals surface area contributed by atoms with Crippen molar-refractivity contribution in [2.75, 3.05) is 24.5 Å². The van der Waals surface area contributed by atoms with Gasteiger partial charge in [-0.25, -0.2) is 4.98 Å². The first-order valence-electron chi connectivity index (χ1n) is 6.90. The first kappa shape index (κ1) is 15.0. The minimum atomic E-state index is 0.165. The van der Waals surface area contributed by atoms with Crippen LogP contribution in [-0.2, 0) is 5.41 Å². The van der Waals surface area contributed by atoms with Crippen LogP contribution in [0.5, 0.6) is 0 Å². The first-order valence-corrected chi connectivity index (χ1v) is 6.90. The third-order valence-electron chi connectivity index (χ3n) is 3.06. The minimum Gasteiger partial charge on any atom is -0.357 e. The zero-order chi connectivity index (χ0) is 13.6. The van der Waals surface area contributed by atoms with Crippen LogP contribution in [0.4, 0.5) is 5.82 Å². The molecule has 3 nitrogen and oxygen atoms in total. The molecule has 1 aromatic rings. The van der Waals surface area contributed by atoms with E-state index in [0.29, 0.717) is 0 Å². The quantitative estimate of drug-likeness (QED) is 0.843. The summed E-state index contributed by atoms with van der Waals surface area (Å²) in [6, 6.07) is 4.32. The van der Waals surface area contributed by atoms with Gasteiger partial charge >= 0.3 is 0 Å². The fourth-order valence-corrected chi connectivity index (χ4v) is 1.91. The average Bonchev–Trinajstić information content (AvgIpc) is 2.33. The van der Waals surface area contributed by atoms with Gasteiger partial charge in [-0.05, 0) is 36.4 Å². The van der Waals surface area contributed by atoms with Gasteiger partial charge in [-0.1, -0.05) is 33.8 Å². The predicted octanol–water partition coefficient (Wildman–Crippen LogP) is 2.94. The number of anilines is 1. The van der Waals surface area contributed by atoms with Crippen molar-refractivity contribution < 1.29 is 0 Å². The molecular formula is C15H27N3. The van der Waals surface area contributed by atoms with Gasteiger partial charge in [-0.3, -0.25) is 0 Å². The lowest BCUT2D eigenvalue weighted by Crippen LogP contribution is -2.28. The van der Waals surface area contributed by atoms with Crippen LogP contribution in [0.1, 0.15) is 46.1 Å². The number of pyridine rings is 1. The standard InChI is InChI=1S/C15H27N3/c1-5-10-18(11-6-9-16)14-8-7-13(12-17-14)15(2,3)4/h7-8,12H,5-6,9-11,16H2,1-4H3. The molecule has 0 aliphatic rings. The Balaban J connectivity index is 2.79. The Bertz CT molecular complexity index is 338. The number of nitrogens with two attached hydrogens (primary N) is 1. The number of aromatic nitrogens is 1. The van der Waals surface area contributed by atoms with Crippen molar-refractivity contribution in [1.29, 1.82) is 0 Å². The number of nitrogens with zero attached hydrogens (tertiary/aromatic N) is 2. The number of hydrogen-bond acceptors (Lipinski definition) is 3. The molecule has 1 rings (SSSR count). The van der Waals surface area contributed by atoms with E-state index in [0.717, 1.165) is 38.3 Å². The lowest BCUT2D eigenvalue weighted by atomic mass is 9.88. The van der Waals surface area contributed by atoms with Gasteiger partial charge < -0.3 is 10.6 Å². The van der Waals surface area contributed by atoms with Crippen molar-refractivity contribution in [3.05, 3.63) is 23.9 Å². The van der Waals surface area contributed by atoms with Crippen LogP contribution < -0.4 is 10.6 Å². The summed E-state index contributed by atoms with van der Waals surface area (Å²) < 4.78 is 0. The van der Waals surface area contributed by atoms with Crippen LogP contribution in [0.25, 0.3) is 0 Å². The van der Waals surface area contributed by atoms with E-state index >= 15 is 0 Å². The molecule has 102 valence electrons. The molecule has 18 heavy (non-hydrogen) atoms. The SMILES string of the molecule is CCCN(CCCN)c1ccc(C(C)(C)C)cn1. The van der Waals surface area contributed by atoms with Crippen molar-refractivity contribution in [2.45, 2.75) is 46.0 Å². The topological polar surface area (TPSA) is 42.1 Å². The normalized spacial score (nSPS) is 11.6. The molecule has 0 spiro atoms. The van der Waals surface area contributed by atoms with Gasteiger partial charge in [0, 0.05) is 19.3 Å². The van der Waals surface area contributed by atoms with Crippen LogP contribution in [0.2, 0.25) is 0 Å². The summed E-state index contributed by atoms with van der Waals surface area (Å²) in [5.41, 5.74) is 7.03. The molecule has 0 aliphatic carbocycles. The van der Waals surface area contributed by atoms with E-state index in [4.69, 9.17) is 5.73 Å². The molecule has 1 heterocycles. The monoisotopic (exact) mass is 249 g/mol. The van der Waals surface area contributed by atoms with E-state index in [1.165, 1.54) is 5.56 Å². The Morgan fingerprint density at radius 1 is 1.22 bits per heavy atom. The molecule has 0 aliphatic heterocycles. The summed E-state index contributed by atoms with van der Waals surface area (Å²) in [6.07, 6.45) is 4.15. The molecular weight excluding hydrogens is 222 g/mol. The first-order chi connectivity index (χ1) is 8.49. The van der Waals surface area contributed by atoms with Crippen molar-refractivity contribution in [1.82, 2.24) is 4.98 Å². The molecule has 3 heteroatoms. The highest BCUT2D eigenvalue weighted by Gasteiger charge is 2.14. The fourth-order valence-electron chi connectivity index (χ4n) is 1.91. The van der Waals surface area contributed by atoms with Crippen molar-refractivity contribution in [2.24, 2.45) is 5.73 Å². The van der Waals surface area contributed by atoms with Crippen LogP contribution in [0.3, 0.4) is 0 Å². The molecule has 0 saturated heterocycles. The molecule has 0 radical (unpaired) electrons. The summed E-state index contributed by atoms with van der Waals surface area (Å²) >= 11 is 0. The molecule has 0 amide bonds. The highest BCUT2D eigenvalue weighted by Crippen LogP contribution is 2.23. The van der Waals surface area contributed by atoms with Crippen LogP contribution in [0.15, 0.2) is 18.3 Å². The maximum absolute atomic E-state index is 5.59. The second-order valence-electron chi connectivity index (χ2n) is 5.78. The number of hydrogen-bond donors (Lipinski definition) is 1. The van der Waals surface area contributed by atoms with Gasteiger partial charge in [0.1, 0.15) is 5.82 Å². The van der Waals surface area contributed by atoms with Gasteiger partial charge in [0.05, 0.1) is 0 Å². The van der Waals surface area contributed by atoms with Crippen LogP contribution in [0, 0.1) is 0 Å². The van der Waals surface area contributed by atoms with E-state index in [-0.39, 0.29) is 5.41 Å². The van der Waals surface area contributed by atoms with Crippen LogP contribution in [-0.4, -0.2) is 24.6 Å². The minimum absolute atomic E-state index is 0.165. The van der Waals surface area contributed by atoms with Gasteiger partial charge in [0.15, 0.2) is 0 Å². The summed E-state index contributed by atoms with van der Waals surface area (Å²) in [6.45, 7) is 11.6. The largest absolute Gasteiger partial charge is 0.357 e. The van der Waals surface area contributed by atoms with E-state index in [9.17, 15) is 0 Å². The smallest absolute Gasteiger partial charge is 0.128 e. The predicted molar refractivity (Wildman–Crippen MR) is 79.1 cm³/mol. The van der Waals surface area contributed by atoms with Gasteiger partial charge in [0.2, 0.25) is 0 Å². The second-order valence-corrected chi connectivity index (χ2v) is 5.78. The zero-order valence-corrected chi connectivity index (χ0v) is 12.2. The Morgan fingerprint density at radius 2 is 1.94 bits per heavy atom. The zero-order valence-electron chi connectivity index (χ0n) is 12.2. The molecule has 2 N–H and O–H groups in total. The maximum atomic E-state index is 5.59. The van der Waals surface area contributed by atoms with E-state index in [1.54, 1.807) is 0 Å². The van der Waals surface area contributed by atoms with Gasteiger partial charge in [0.25, 0.3) is 0 Å². The summed E-state index contributed by atoms with van der Waals surface area (Å²) in [5, 5.41) is 0. The van der Waals surface area contributed by atoms with Gasteiger partial charge in [-0.15, -0.1) is 0 Å². The van der Waals surface area contributed by atoms with Crippen molar-refractivity contribution in [3.8, 4) is 0 Å². The van der Waals surface area contributed by atoms with E-state index in [1.807, 2.05) is 6.20 Å². The molecule has 0 unspecified atom stereocenters. The molecule has 0 aromatic carbocycles. The van der Waals surface area contributed by atoms with Gasteiger partial charge in [-0.2, -0.15) is 0 Å². The highest BCUT2D eigenvalue weighted by molar-refractivity contribution is 5.40. The second kappa shape index (κ2) is 6.74. The van der Waals surface area contributed by atoms with Crippen molar-refractivity contribution in [3.63, 3.8) is 0 Å². The Kier molecular flexibility index (Phi) is 5.60. The third kappa shape index (κ3) is 4.30. The van der Waals surface area contributed by atoms with E-state index < -0.39 is 0 Å². The third-order valence-corrected chi connectivity index (χ3v) is 3.06. The maximum Gasteiger partial charge on any atom is 0.128 e.